The lowest BCUT2D eigenvalue weighted by Gasteiger charge is -2.21. The number of para-hydroxylation sites is 1. The summed E-state index contributed by atoms with van der Waals surface area (Å²) >= 11 is 1.56. The number of esters is 1. The van der Waals surface area contributed by atoms with Gasteiger partial charge in [0.25, 0.3) is 5.91 Å². The zero-order valence-electron chi connectivity index (χ0n) is 20.1. The highest BCUT2D eigenvalue weighted by molar-refractivity contribution is 7.09. The van der Waals surface area contributed by atoms with Crippen LogP contribution in [0.4, 0.5) is 5.69 Å². The molecule has 0 aliphatic heterocycles. The van der Waals surface area contributed by atoms with Crippen LogP contribution in [-0.4, -0.2) is 47.4 Å². The maximum Gasteiger partial charge on any atom is 0.338 e. The second-order valence-corrected chi connectivity index (χ2v) is 8.99. The molecule has 9 heteroatoms. The third-order valence-corrected chi connectivity index (χ3v) is 5.89. The van der Waals surface area contributed by atoms with Gasteiger partial charge in [-0.15, -0.1) is 11.3 Å². The van der Waals surface area contributed by atoms with Crippen molar-refractivity contribution >= 4 is 34.8 Å². The second kappa shape index (κ2) is 12.7. The number of thiazole rings is 1. The maximum atomic E-state index is 12.6. The number of aryl methyl sites for hydroxylation is 2. The molecule has 184 valence electrons. The first-order valence-corrected chi connectivity index (χ1v) is 12.2. The van der Waals surface area contributed by atoms with Gasteiger partial charge in [0.05, 0.1) is 22.8 Å². The lowest BCUT2D eigenvalue weighted by Crippen LogP contribution is -2.40. The van der Waals surface area contributed by atoms with Crippen LogP contribution in [0.2, 0.25) is 0 Å². The van der Waals surface area contributed by atoms with Gasteiger partial charge in [0.15, 0.2) is 6.61 Å². The van der Waals surface area contributed by atoms with Crippen LogP contribution in [0.25, 0.3) is 0 Å². The molecule has 1 N–H and O–H groups in total. The highest BCUT2D eigenvalue weighted by Gasteiger charge is 2.19. The van der Waals surface area contributed by atoms with Crippen molar-refractivity contribution in [1.82, 2.24) is 9.88 Å². The molecule has 0 aliphatic carbocycles. The summed E-state index contributed by atoms with van der Waals surface area (Å²) in [5.74, 6) is -0.771. The third kappa shape index (κ3) is 7.92. The molecular weight excluding hydrogens is 466 g/mol. The first-order valence-electron chi connectivity index (χ1n) is 11.3. The van der Waals surface area contributed by atoms with Crippen molar-refractivity contribution in [3.05, 3.63) is 75.7 Å². The largest absolute Gasteiger partial charge is 0.487 e. The molecule has 1 heterocycles. The number of hydrogen-bond acceptors (Lipinski definition) is 7. The zero-order valence-corrected chi connectivity index (χ0v) is 20.9. The predicted octanol–water partition coefficient (Wildman–Crippen LogP) is 4.37. The van der Waals surface area contributed by atoms with Crippen molar-refractivity contribution in [3.8, 4) is 5.75 Å². The van der Waals surface area contributed by atoms with Crippen molar-refractivity contribution in [3.63, 3.8) is 0 Å². The number of benzene rings is 2. The smallest absolute Gasteiger partial charge is 0.338 e. The highest BCUT2D eigenvalue weighted by Crippen LogP contribution is 2.16. The van der Waals surface area contributed by atoms with Gasteiger partial charge in [0.1, 0.15) is 12.4 Å². The fourth-order valence-corrected chi connectivity index (χ4v) is 3.86. The first-order chi connectivity index (χ1) is 16.9. The highest BCUT2D eigenvalue weighted by atomic mass is 32.1. The normalized spacial score (nSPS) is 10.5. The second-order valence-electron chi connectivity index (χ2n) is 7.93. The first kappa shape index (κ1) is 25.9. The Morgan fingerprint density at radius 1 is 1.06 bits per heavy atom. The van der Waals surface area contributed by atoms with E-state index in [0.717, 1.165) is 16.3 Å². The maximum absolute atomic E-state index is 12.6. The Morgan fingerprint density at radius 3 is 2.46 bits per heavy atom. The summed E-state index contributed by atoms with van der Waals surface area (Å²) in [6.07, 6.45) is 0.666. The van der Waals surface area contributed by atoms with E-state index in [1.165, 1.54) is 4.90 Å². The Morgan fingerprint density at radius 2 is 1.80 bits per heavy atom. The Hall–Kier alpha value is -3.72. The van der Waals surface area contributed by atoms with Gasteiger partial charge in [-0.2, -0.15) is 0 Å². The Bertz CT molecular complexity index is 1160. The molecule has 3 rings (SSSR count). The van der Waals surface area contributed by atoms with E-state index >= 15 is 0 Å². The summed E-state index contributed by atoms with van der Waals surface area (Å²) in [5, 5.41) is 5.73. The average Bonchev–Trinajstić information content (AvgIpc) is 3.27. The van der Waals surface area contributed by atoms with E-state index in [-0.39, 0.29) is 12.5 Å². The summed E-state index contributed by atoms with van der Waals surface area (Å²) in [7, 11) is 0. The van der Waals surface area contributed by atoms with Crippen LogP contribution in [0.5, 0.6) is 5.75 Å². The average molecular weight is 496 g/mol. The number of anilines is 1. The van der Waals surface area contributed by atoms with E-state index in [0.29, 0.717) is 36.6 Å². The number of nitrogens with zero attached hydrogens (tertiary/aromatic N) is 2. The van der Waals surface area contributed by atoms with Crippen LogP contribution < -0.4 is 10.1 Å². The van der Waals surface area contributed by atoms with Crippen LogP contribution in [0.1, 0.15) is 40.0 Å². The van der Waals surface area contributed by atoms with Gasteiger partial charge in [-0.3, -0.25) is 9.59 Å². The molecule has 35 heavy (non-hydrogen) atoms. The summed E-state index contributed by atoms with van der Waals surface area (Å²) < 4.78 is 10.9. The van der Waals surface area contributed by atoms with Crippen LogP contribution in [0, 0.1) is 13.8 Å². The van der Waals surface area contributed by atoms with Crippen LogP contribution in [-0.2, 0) is 20.9 Å². The molecule has 2 amide bonds. The molecule has 8 nitrogen and oxygen atoms in total. The molecule has 0 saturated heterocycles. The van der Waals surface area contributed by atoms with E-state index in [4.69, 9.17) is 9.47 Å². The van der Waals surface area contributed by atoms with Gasteiger partial charge in [-0.1, -0.05) is 25.1 Å². The molecular formula is C26H29N3O5S. The number of aromatic nitrogens is 1. The van der Waals surface area contributed by atoms with E-state index in [1.807, 2.05) is 44.4 Å². The minimum absolute atomic E-state index is 0.122. The number of nitrogens with one attached hydrogen (secondary N) is 1. The lowest BCUT2D eigenvalue weighted by atomic mass is 10.2. The van der Waals surface area contributed by atoms with Crippen LogP contribution in [0.15, 0.2) is 53.9 Å². The van der Waals surface area contributed by atoms with Gasteiger partial charge in [0, 0.05) is 17.6 Å². The summed E-state index contributed by atoms with van der Waals surface area (Å²) in [4.78, 5) is 43.2. The standard InChI is InChI=1S/C26H29N3O5S/c1-4-13-29(14-24(30)28-23-8-6-5-7-18(23)2)25(31)16-34-26(32)20-9-11-22(12-10-20)33-15-21-17-35-19(3)27-21/h5-12,17H,4,13-16H2,1-3H3,(H,28,30). The van der Waals surface area contributed by atoms with E-state index < -0.39 is 18.5 Å². The van der Waals surface area contributed by atoms with Crippen molar-refractivity contribution < 1.29 is 23.9 Å². The number of rotatable bonds is 11. The summed E-state index contributed by atoms with van der Waals surface area (Å²) in [5.41, 5.74) is 2.77. The number of amides is 2. The van der Waals surface area contributed by atoms with Gasteiger partial charge in [0.2, 0.25) is 5.91 Å². The van der Waals surface area contributed by atoms with E-state index in [2.05, 4.69) is 10.3 Å². The SMILES string of the molecule is CCCN(CC(=O)Nc1ccccc1C)C(=O)COC(=O)c1ccc(OCc2csc(C)n2)cc1. The predicted molar refractivity (Wildman–Crippen MR) is 135 cm³/mol. The quantitative estimate of drug-likeness (QED) is 0.397. The van der Waals surface area contributed by atoms with Crippen molar-refractivity contribution in [2.24, 2.45) is 0 Å². The lowest BCUT2D eigenvalue weighted by molar-refractivity contribution is -0.137. The minimum Gasteiger partial charge on any atom is -0.487 e. The number of hydrogen-bond donors (Lipinski definition) is 1. The molecule has 1 aromatic heterocycles. The number of carbonyl (C=O) groups excluding carboxylic acids is 3. The Labute approximate surface area is 208 Å². The minimum atomic E-state index is -0.624. The molecule has 0 aliphatic rings. The van der Waals surface area contributed by atoms with Crippen molar-refractivity contribution in [2.75, 3.05) is 25.0 Å². The fourth-order valence-electron chi connectivity index (χ4n) is 3.26. The fraction of sp³-hybridized carbons (Fsp3) is 0.308. The van der Waals surface area contributed by atoms with Crippen LogP contribution in [0.3, 0.4) is 0 Å². The topological polar surface area (TPSA) is 97.8 Å². The van der Waals surface area contributed by atoms with Gasteiger partial charge < -0.3 is 19.7 Å². The van der Waals surface area contributed by atoms with E-state index in [9.17, 15) is 14.4 Å². The molecule has 0 bridgehead atoms. The number of carbonyl (C=O) groups is 3. The molecule has 0 atom stereocenters. The Kier molecular flexibility index (Phi) is 9.37. The molecule has 3 aromatic rings. The van der Waals surface area contributed by atoms with Crippen LogP contribution >= 0.6 is 11.3 Å². The van der Waals surface area contributed by atoms with Crippen molar-refractivity contribution in [1.29, 1.82) is 0 Å². The number of ether oxygens (including phenoxy) is 2. The molecule has 0 radical (unpaired) electrons. The molecule has 0 unspecified atom stereocenters. The summed E-state index contributed by atoms with van der Waals surface area (Å²) in [6, 6.07) is 13.9. The summed E-state index contributed by atoms with van der Waals surface area (Å²) in [6.45, 7) is 5.88. The molecule has 0 saturated carbocycles. The molecule has 2 aromatic carbocycles. The van der Waals surface area contributed by atoms with Crippen molar-refractivity contribution in [2.45, 2.75) is 33.8 Å². The van der Waals surface area contributed by atoms with Gasteiger partial charge >= 0.3 is 5.97 Å². The molecule has 0 fully saturated rings. The Balaban J connectivity index is 1.48. The van der Waals surface area contributed by atoms with E-state index in [1.54, 1.807) is 41.7 Å². The third-order valence-electron chi connectivity index (χ3n) is 5.07. The zero-order chi connectivity index (χ0) is 25.2. The van der Waals surface area contributed by atoms with Gasteiger partial charge in [-0.05, 0) is 56.2 Å². The monoisotopic (exact) mass is 495 g/mol. The molecule has 0 spiro atoms. The van der Waals surface area contributed by atoms with Gasteiger partial charge in [-0.25, -0.2) is 9.78 Å².